The largest absolute Gasteiger partial charge is 0.335 e. The Morgan fingerprint density at radius 1 is 1.16 bits per heavy atom. The molecule has 4 saturated carbocycles. The van der Waals surface area contributed by atoms with Crippen molar-refractivity contribution in [2.24, 2.45) is 23.7 Å². The van der Waals surface area contributed by atoms with E-state index in [-0.39, 0.29) is 6.03 Å². The van der Waals surface area contributed by atoms with E-state index in [9.17, 15) is 4.79 Å². The lowest BCUT2D eigenvalue weighted by Crippen LogP contribution is -2.56. The Kier molecular flexibility index (Phi) is 2.72. The first-order valence-electron chi connectivity index (χ1n) is 7.11. The number of nitrogens with one attached hydrogen (secondary N) is 2. The number of urea groups is 1. The highest BCUT2D eigenvalue weighted by Gasteiger charge is 2.48. The van der Waals surface area contributed by atoms with Gasteiger partial charge in [0.05, 0.1) is 0 Å². The van der Waals surface area contributed by atoms with Crippen LogP contribution >= 0.6 is 11.3 Å². The van der Waals surface area contributed by atoms with Crippen LogP contribution in [0.1, 0.15) is 32.1 Å². The quantitative estimate of drug-likeness (QED) is 0.873. The lowest BCUT2D eigenvalue weighted by Gasteiger charge is -2.54. The van der Waals surface area contributed by atoms with Crippen molar-refractivity contribution in [3.63, 3.8) is 0 Å². The second-order valence-corrected chi connectivity index (χ2v) is 7.13. The highest BCUT2D eigenvalue weighted by molar-refractivity contribution is 7.13. The molecule has 1 aromatic rings. The van der Waals surface area contributed by atoms with Crippen molar-refractivity contribution in [1.29, 1.82) is 0 Å². The highest BCUT2D eigenvalue weighted by atomic mass is 32.1. The molecule has 19 heavy (non-hydrogen) atoms. The lowest BCUT2D eigenvalue weighted by molar-refractivity contribution is -0.00883. The summed E-state index contributed by atoms with van der Waals surface area (Å²) >= 11 is 1.35. The van der Waals surface area contributed by atoms with Gasteiger partial charge in [0.2, 0.25) is 5.13 Å². The molecule has 0 aromatic carbocycles. The molecule has 4 aliphatic carbocycles. The Morgan fingerprint density at radius 2 is 1.84 bits per heavy atom. The molecule has 5 rings (SSSR count). The van der Waals surface area contributed by atoms with E-state index in [0.29, 0.717) is 23.0 Å². The fraction of sp³-hybridized carbons (Fsp3) is 0.769. The third-order valence-electron chi connectivity index (χ3n) is 5.10. The Labute approximate surface area is 116 Å². The summed E-state index contributed by atoms with van der Waals surface area (Å²) in [6.45, 7) is 0. The van der Waals surface area contributed by atoms with Crippen LogP contribution in [0.25, 0.3) is 0 Å². The summed E-state index contributed by atoms with van der Waals surface area (Å²) in [4.78, 5) is 12.0. The highest BCUT2D eigenvalue weighted by Crippen LogP contribution is 2.53. The fourth-order valence-electron chi connectivity index (χ4n) is 4.67. The normalized spacial score (nSPS) is 39.3. The zero-order chi connectivity index (χ0) is 12.8. The van der Waals surface area contributed by atoms with Crippen LogP contribution in [-0.2, 0) is 0 Å². The Bertz CT molecular complexity index is 447. The average Bonchev–Trinajstić information content (AvgIpc) is 2.85. The van der Waals surface area contributed by atoms with E-state index in [2.05, 4.69) is 20.8 Å². The maximum Gasteiger partial charge on any atom is 0.321 e. The van der Waals surface area contributed by atoms with E-state index in [1.807, 2.05) is 0 Å². The summed E-state index contributed by atoms with van der Waals surface area (Å²) in [5.74, 6) is 3.28. The van der Waals surface area contributed by atoms with Crippen molar-refractivity contribution in [3.8, 4) is 0 Å². The van der Waals surface area contributed by atoms with Crippen LogP contribution in [0.2, 0.25) is 0 Å². The summed E-state index contributed by atoms with van der Waals surface area (Å²) < 4.78 is 0. The van der Waals surface area contributed by atoms with Gasteiger partial charge < -0.3 is 5.32 Å². The van der Waals surface area contributed by atoms with Crippen molar-refractivity contribution in [3.05, 3.63) is 5.51 Å². The minimum atomic E-state index is -0.116. The van der Waals surface area contributed by atoms with E-state index in [0.717, 1.165) is 11.8 Å². The number of hydrogen-bond acceptors (Lipinski definition) is 4. The number of carbonyl (C=O) groups is 1. The van der Waals surface area contributed by atoms with Gasteiger partial charge in [-0.1, -0.05) is 11.3 Å². The fourth-order valence-corrected chi connectivity index (χ4v) is 5.11. The van der Waals surface area contributed by atoms with Gasteiger partial charge in [-0.2, -0.15) is 0 Å². The molecule has 1 aromatic heterocycles. The monoisotopic (exact) mass is 278 g/mol. The molecule has 5 nitrogen and oxygen atoms in total. The summed E-state index contributed by atoms with van der Waals surface area (Å²) in [7, 11) is 0. The number of anilines is 1. The third-order valence-corrected chi connectivity index (χ3v) is 5.71. The van der Waals surface area contributed by atoms with Gasteiger partial charge in [-0.3, -0.25) is 5.32 Å². The van der Waals surface area contributed by atoms with Crippen molar-refractivity contribution >= 4 is 22.5 Å². The minimum Gasteiger partial charge on any atom is -0.335 e. The van der Waals surface area contributed by atoms with Crippen LogP contribution in [0.15, 0.2) is 5.51 Å². The van der Waals surface area contributed by atoms with E-state index in [4.69, 9.17) is 0 Å². The molecule has 0 spiro atoms. The molecule has 4 fully saturated rings. The number of hydrogen-bond donors (Lipinski definition) is 2. The molecular weight excluding hydrogens is 260 g/mol. The van der Waals surface area contributed by atoms with Gasteiger partial charge in [0.25, 0.3) is 0 Å². The minimum absolute atomic E-state index is 0.116. The lowest BCUT2D eigenvalue weighted by atomic mass is 9.54. The summed E-state index contributed by atoms with van der Waals surface area (Å²) in [5.41, 5.74) is 1.62. The summed E-state index contributed by atoms with van der Waals surface area (Å²) in [6, 6.07) is 0.259. The van der Waals surface area contributed by atoms with Gasteiger partial charge in [0, 0.05) is 6.04 Å². The molecule has 102 valence electrons. The number of rotatable bonds is 2. The zero-order valence-corrected chi connectivity index (χ0v) is 11.5. The molecule has 0 aliphatic heterocycles. The summed E-state index contributed by atoms with van der Waals surface area (Å²) in [6.07, 6.45) is 6.71. The second kappa shape index (κ2) is 4.44. The smallest absolute Gasteiger partial charge is 0.321 e. The van der Waals surface area contributed by atoms with Gasteiger partial charge in [0.15, 0.2) is 0 Å². The van der Waals surface area contributed by atoms with Crippen LogP contribution in [0.5, 0.6) is 0 Å². The first-order valence-corrected chi connectivity index (χ1v) is 7.99. The van der Waals surface area contributed by atoms with Crippen molar-refractivity contribution in [2.75, 3.05) is 5.32 Å². The van der Waals surface area contributed by atoms with Crippen LogP contribution < -0.4 is 10.6 Å². The molecule has 0 saturated heterocycles. The standard InChI is InChI=1S/C13H18N4OS/c18-12(16-13-17-14-6-19-13)15-11-9-2-7-1-8(4-9)5-10(11)3-7/h6-11H,1-5H2,(H2,15,16,17,18). The van der Waals surface area contributed by atoms with Crippen molar-refractivity contribution in [1.82, 2.24) is 15.5 Å². The Morgan fingerprint density at radius 3 is 2.42 bits per heavy atom. The molecule has 2 N–H and O–H groups in total. The number of amides is 2. The van der Waals surface area contributed by atoms with Crippen LogP contribution in [0.4, 0.5) is 9.93 Å². The molecule has 4 aliphatic rings. The number of nitrogens with zero attached hydrogens (tertiary/aromatic N) is 2. The molecule has 0 atom stereocenters. The molecule has 1 heterocycles. The zero-order valence-electron chi connectivity index (χ0n) is 10.7. The van der Waals surface area contributed by atoms with Gasteiger partial charge in [0.1, 0.15) is 5.51 Å². The molecule has 2 amide bonds. The number of carbonyl (C=O) groups excluding carboxylic acids is 1. The molecular formula is C13H18N4OS. The maximum atomic E-state index is 12.0. The van der Waals surface area contributed by atoms with Crippen LogP contribution in [0, 0.1) is 23.7 Å². The summed E-state index contributed by atoms with van der Waals surface area (Å²) in [5, 5.41) is 14.1. The van der Waals surface area contributed by atoms with Crippen molar-refractivity contribution in [2.45, 2.75) is 38.1 Å². The predicted octanol–water partition coefficient (Wildman–Crippen LogP) is 2.48. The Balaban J connectivity index is 1.41. The van der Waals surface area contributed by atoms with Gasteiger partial charge >= 0.3 is 6.03 Å². The van der Waals surface area contributed by atoms with E-state index in [1.54, 1.807) is 5.51 Å². The molecule has 0 radical (unpaired) electrons. The predicted molar refractivity (Wildman–Crippen MR) is 72.9 cm³/mol. The Hall–Kier alpha value is -1.17. The molecule has 4 bridgehead atoms. The van der Waals surface area contributed by atoms with E-state index < -0.39 is 0 Å². The van der Waals surface area contributed by atoms with Crippen LogP contribution in [0.3, 0.4) is 0 Å². The third kappa shape index (κ3) is 2.12. The first-order chi connectivity index (χ1) is 9.28. The van der Waals surface area contributed by atoms with Crippen LogP contribution in [-0.4, -0.2) is 22.3 Å². The van der Waals surface area contributed by atoms with E-state index in [1.165, 1.54) is 43.4 Å². The maximum absolute atomic E-state index is 12.0. The molecule has 6 heteroatoms. The average molecular weight is 278 g/mol. The second-order valence-electron chi connectivity index (χ2n) is 6.30. The van der Waals surface area contributed by atoms with Gasteiger partial charge in [-0.15, -0.1) is 10.2 Å². The topological polar surface area (TPSA) is 66.9 Å². The first kappa shape index (κ1) is 11.6. The SMILES string of the molecule is O=C(Nc1nncs1)NC1C2CC3CC(C2)CC1C3. The van der Waals surface area contributed by atoms with Crippen molar-refractivity contribution < 1.29 is 4.79 Å². The number of aromatic nitrogens is 2. The van der Waals surface area contributed by atoms with Gasteiger partial charge in [-0.25, -0.2) is 4.79 Å². The van der Waals surface area contributed by atoms with Gasteiger partial charge in [-0.05, 0) is 55.8 Å². The van der Waals surface area contributed by atoms with E-state index >= 15 is 0 Å². The molecule has 0 unspecified atom stereocenters.